The van der Waals surface area contributed by atoms with Crippen LogP contribution in [0.1, 0.15) is 10.4 Å². The topological polar surface area (TPSA) is 141 Å². The first-order valence-corrected chi connectivity index (χ1v) is 5.44. The second kappa shape index (κ2) is 4.20. The van der Waals surface area contributed by atoms with Crippen LogP contribution in [-0.2, 0) is 4.57 Å². The molecule has 0 spiro atoms. The van der Waals surface area contributed by atoms with Crippen molar-refractivity contribution in [2.24, 2.45) is 0 Å². The van der Waals surface area contributed by atoms with Gasteiger partial charge in [0.2, 0.25) is 0 Å². The summed E-state index contributed by atoms with van der Waals surface area (Å²) in [6, 6.07) is 2.85. The molecule has 0 bridgehead atoms. The number of carbonyl (C=O) groups excluding carboxylic acids is 1. The highest BCUT2D eigenvalue weighted by molar-refractivity contribution is 7.60. The van der Waals surface area contributed by atoms with Crippen LogP contribution in [-0.4, -0.2) is 26.2 Å². The fourth-order valence-electron chi connectivity index (χ4n) is 1.14. The van der Waals surface area contributed by atoms with Crippen molar-refractivity contribution in [1.82, 2.24) is 0 Å². The molecular formula is C7H7NO7P-. The lowest BCUT2D eigenvalue weighted by atomic mass is 10.2. The molecule has 0 aromatic heterocycles. The van der Waals surface area contributed by atoms with E-state index < -0.39 is 35.3 Å². The summed E-state index contributed by atoms with van der Waals surface area (Å²) in [5, 5.41) is 26.6. The van der Waals surface area contributed by atoms with Crippen LogP contribution in [0.25, 0.3) is 0 Å². The van der Waals surface area contributed by atoms with Gasteiger partial charge in [0, 0.05) is 5.56 Å². The van der Waals surface area contributed by atoms with Crippen molar-refractivity contribution >= 4 is 24.6 Å². The number of rotatable bonds is 3. The van der Waals surface area contributed by atoms with Gasteiger partial charge in [0.05, 0.1) is 11.3 Å². The molecule has 0 unspecified atom stereocenters. The second-order valence-electron chi connectivity index (χ2n) is 2.79. The third-order valence-corrected chi connectivity index (χ3v) is 2.74. The smallest absolute Gasteiger partial charge is 0.358 e. The van der Waals surface area contributed by atoms with Gasteiger partial charge in [-0.2, -0.15) is 0 Å². The Morgan fingerprint density at radius 1 is 1.31 bits per heavy atom. The Bertz CT molecular complexity index is 466. The summed E-state index contributed by atoms with van der Waals surface area (Å²) in [4.78, 5) is 28.3. The van der Waals surface area contributed by atoms with E-state index in [0.717, 1.165) is 18.2 Å². The van der Waals surface area contributed by atoms with Gasteiger partial charge in [0.15, 0.2) is 0 Å². The molecule has 16 heavy (non-hydrogen) atoms. The second-order valence-corrected chi connectivity index (χ2v) is 4.36. The normalized spacial score (nSPS) is 11.2. The van der Waals surface area contributed by atoms with Gasteiger partial charge >= 0.3 is 7.60 Å². The Labute approximate surface area is 89.1 Å². The number of carboxylic acid groups (broad SMARTS) is 1. The average molecular weight is 248 g/mol. The van der Waals surface area contributed by atoms with Gasteiger partial charge in [-0.3, -0.25) is 15.0 Å². The van der Waals surface area contributed by atoms with Crippen LogP contribution in [0.2, 0.25) is 0 Å². The predicted molar refractivity (Wildman–Crippen MR) is 48.5 cm³/mol. The minimum Gasteiger partial charge on any atom is -0.545 e. The maximum absolute atomic E-state index is 11.0. The number of hydrogen-bond acceptors (Lipinski definition) is 6. The zero-order valence-electron chi connectivity index (χ0n) is 7.64. The predicted octanol–water partition coefficient (Wildman–Crippen LogP) is -1.56. The zero-order chi connectivity index (χ0) is 12.5. The van der Waals surface area contributed by atoms with E-state index in [9.17, 15) is 14.5 Å². The molecule has 8 nitrogen and oxygen atoms in total. The molecule has 0 saturated carbocycles. The lowest BCUT2D eigenvalue weighted by Crippen LogP contribution is -2.29. The highest BCUT2D eigenvalue weighted by Crippen LogP contribution is 2.38. The largest absolute Gasteiger partial charge is 0.545 e. The number of aromatic carboxylic acids is 1. The third-order valence-electron chi connectivity index (χ3n) is 1.75. The van der Waals surface area contributed by atoms with Crippen LogP contribution in [0, 0.1) is 0 Å². The van der Waals surface area contributed by atoms with Crippen molar-refractivity contribution in [2.75, 3.05) is 5.23 Å². The van der Waals surface area contributed by atoms with Crippen molar-refractivity contribution < 1.29 is 34.7 Å². The summed E-state index contributed by atoms with van der Waals surface area (Å²) in [6.07, 6.45) is 0. The molecule has 4 N–H and O–H groups in total. The highest BCUT2D eigenvalue weighted by atomic mass is 31.2. The Balaban J connectivity index is 3.58. The first-order valence-electron chi connectivity index (χ1n) is 3.83. The minimum absolute atomic E-state index is 0.667. The number of nitrogens with zero attached hydrogens (tertiary/aromatic N) is 1. The third kappa shape index (κ3) is 2.38. The molecule has 0 aliphatic rings. The molecule has 1 rings (SSSR count). The lowest BCUT2D eigenvalue weighted by molar-refractivity contribution is -0.255. The molecule has 0 fully saturated rings. The van der Waals surface area contributed by atoms with Crippen LogP contribution >= 0.6 is 7.60 Å². The Morgan fingerprint density at radius 2 is 1.88 bits per heavy atom. The van der Waals surface area contributed by atoms with E-state index in [1.165, 1.54) is 0 Å². The Morgan fingerprint density at radius 3 is 2.25 bits per heavy atom. The molecule has 0 saturated heterocycles. The molecular weight excluding hydrogens is 241 g/mol. The number of carbonyl (C=O) groups is 1. The number of anilines is 1. The first-order chi connectivity index (χ1) is 7.25. The summed E-state index contributed by atoms with van der Waals surface area (Å²) in [7, 11) is -4.83. The lowest BCUT2D eigenvalue weighted by Gasteiger charge is -2.18. The van der Waals surface area contributed by atoms with E-state index in [2.05, 4.69) is 0 Å². The summed E-state index contributed by atoms with van der Waals surface area (Å²) in [6.45, 7) is 0. The Hall–Kier alpha value is -1.44. The average Bonchev–Trinajstić information content (AvgIpc) is 2.14. The van der Waals surface area contributed by atoms with Crippen molar-refractivity contribution in [2.45, 2.75) is 0 Å². The van der Waals surface area contributed by atoms with Gasteiger partial charge in [-0.1, -0.05) is 12.1 Å². The molecule has 88 valence electrons. The Kier molecular flexibility index (Phi) is 3.32. The molecule has 1 aromatic rings. The molecule has 0 aliphatic heterocycles. The molecule has 9 heteroatoms. The monoisotopic (exact) mass is 248 g/mol. The maximum atomic E-state index is 11.0. The SMILES string of the molecule is O=C([O-])c1cccc(P(=O)(O)O)c1N(O)O. The van der Waals surface area contributed by atoms with Gasteiger partial charge in [0.1, 0.15) is 5.69 Å². The fraction of sp³-hybridized carbons (Fsp3) is 0. The molecule has 1 aromatic carbocycles. The van der Waals surface area contributed by atoms with Crippen LogP contribution in [0.15, 0.2) is 18.2 Å². The van der Waals surface area contributed by atoms with E-state index >= 15 is 0 Å². The van der Waals surface area contributed by atoms with E-state index in [4.69, 9.17) is 20.2 Å². The summed E-state index contributed by atoms with van der Waals surface area (Å²) in [5.74, 6) is -1.79. The number of para-hydroxylation sites is 1. The van der Waals surface area contributed by atoms with Gasteiger partial charge in [-0.05, 0) is 6.07 Å². The number of benzene rings is 1. The standard InChI is InChI=1S/C7H8NO7P/c9-7(10)4-2-1-3-5(16(13,14)15)6(4)8(11)12/h1-3,11-12H,(H,9,10)(H2,13,14,15)/p-1. The molecule has 0 atom stereocenters. The summed E-state index contributed by atoms with van der Waals surface area (Å²) in [5.41, 5.74) is -1.67. The van der Waals surface area contributed by atoms with Crippen LogP contribution in [0.5, 0.6) is 0 Å². The molecule has 0 amide bonds. The summed E-state index contributed by atoms with van der Waals surface area (Å²) >= 11 is 0. The summed E-state index contributed by atoms with van der Waals surface area (Å²) < 4.78 is 11.0. The van der Waals surface area contributed by atoms with Crippen LogP contribution in [0.4, 0.5) is 5.69 Å². The fourth-order valence-corrected chi connectivity index (χ4v) is 1.91. The van der Waals surface area contributed by atoms with Crippen LogP contribution in [0.3, 0.4) is 0 Å². The van der Waals surface area contributed by atoms with Crippen molar-refractivity contribution in [3.8, 4) is 0 Å². The molecule has 0 radical (unpaired) electrons. The number of hydrogen-bond donors (Lipinski definition) is 4. The molecule has 0 aliphatic carbocycles. The van der Waals surface area contributed by atoms with E-state index in [-0.39, 0.29) is 0 Å². The van der Waals surface area contributed by atoms with Gasteiger partial charge in [0.25, 0.3) is 0 Å². The van der Waals surface area contributed by atoms with Crippen molar-refractivity contribution in [3.63, 3.8) is 0 Å². The first kappa shape index (κ1) is 12.6. The van der Waals surface area contributed by atoms with E-state index in [1.54, 1.807) is 0 Å². The molecule has 0 heterocycles. The van der Waals surface area contributed by atoms with Crippen molar-refractivity contribution in [1.29, 1.82) is 0 Å². The van der Waals surface area contributed by atoms with Crippen LogP contribution < -0.4 is 15.6 Å². The number of carboxylic acids is 1. The van der Waals surface area contributed by atoms with Gasteiger partial charge < -0.3 is 19.7 Å². The van der Waals surface area contributed by atoms with Gasteiger partial charge in [-0.15, -0.1) is 5.23 Å². The van der Waals surface area contributed by atoms with Gasteiger partial charge in [-0.25, -0.2) is 0 Å². The van der Waals surface area contributed by atoms with Crippen molar-refractivity contribution in [3.05, 3.63) is 23.8 Å². The quantitative estimate of drug-likeness (QED) is 0.371. The van der Waals surface area contributed by atoms with E-state index in [0.29, 0.717) is 0 Å². The maximum Gasteiger partial charge on any atom is 0.358 e. The van der Waals surface area contributed by atoms with E-state index in [1.807, 2.05) is 0 Å². The highest BCUT2D eigenvalue weighted by Gasteiger charge is 2.26. The minimum atomic E-state index is -4.83. The zero-order valence-corrected chi connectivity index (χ0v) is 8.53.